The fraction of sp³-hybridized carbons (Fsp3) is 0.588. The van der Waals surface area contributed by atoms with Gasteiger partial charge in [0.05, 0.1) is 0 Å². The van der Waals surface area contributed by atoms with Gasteiger partial charge in [0.15, 0.2) is 0 Å². The molecule has 0 bridgehead atoms. The first-order valence-corrected chi connectivity index (χ1v) is 8.26. The van der Waals surface area contributed by atoms with Crippen LogP contribution in [0.1, 0.15) is 37.7 Å². The van der Waals surface area contributed by atoms with Crippen molar-refractivity contribution in [2.75, 3.05) is 0 Å². The topological polar surface area (TPSA) is 44.4 Å². The summed E-state index contributed by atoms with van der Waals surface area (Å²) in [5, 5.41) is 0. The van der Waals surface area contributed by atoms with E-state index in [1.165, 1.54) is 25.0 Å². The Hall–Kier alpha value is -1.46. The Kier molecular flexibility index (Phi) is 3.62. The van der Waals surface area contributed by atoms with Crippen LogP contribution in [0.3, 0.4) is 0 Å². The molecule has 2 aliphatic carbocycles. The van der Waals surface area contributed by atoms with Gasteiger partial charge in [-0.25, -0.2) is 9.82 Å². The number of hydrazine groups is 1. The third-order valence-corrected chi connectivity index (χ3v) is 4.96. The van der Waals surface area contributed by atoms with Crippen molar-refractivity contribution >= 4 is 5.91 Å². The monoisotopic (exact) mass is 303 g/mol. The molecule has 2 N–H and O–H groups in total. The van der Waals surface area contributed by atoms with Crippen LogP contribution in [0.15, 0.2) is 24.3 Å². The van der Waals surface area contributed by atoms with E-state index in [0.717, 1.165) is 30.7 Å². The molecule has 4 nitrogen and oxygen atoms in total. The Morgan fingerprint density at radius 2 is 1.86 bits per heavy atom. The lowest BCUT2D eigenvalue weighted by atomic mass is 10.0. The minimum absolute atomic E-state index is 0.119. The molecule has 2 unspecified atom stereocenters. The molecule has 4 rings (SSSR count). The highest BCUT2D eigenvalue weighted by Gasteiger charge is 2.42. The van der Waals surface area contributed by atoms with Crippen LogP contribution < -0.4 is 10.9 Å². The predicted octanol–water partition coefficient (Wildman–Crippen LogP) is 1.96. The van der Waals surface area contributed by atoms with Crippen LogP contribution in [0.25, 0.3) is 0 Å². The molecule has 1 aliphatic heterocycles. The van der Waals surface area contributed by atoms with Crippen LogP contribution in [-0.4, -0.2) is 28.9 Å². The van der Waals surface area contributed by atoms with E-state index in [0.29, 0.717) is 18.6 Å². The van der Waals surface area contributed by atoms with Crippen molar-refractivity contribution < 1.29 is 9.18 Å². The van der Waals surface area contributed by atoms with Crippen LogP contribution in [0.4, 0.5) is 4.39 Å². The third-order valence-electron chi connectivity index (χ3n) is 4.96. The third kappa shape index (κ3) is 3.01. The quantitative estimate of drug-likeness (QED) is 0.874. The second kappa shape index (κ2) is 5.63. The lowest BCUT2D eigenvalue weighted by molar-refractivity contribution is -0.134. The minimum atomic E-state index is -0.234. The molecule has 1 aromatic carbocycles. The van der Waals surface area contributed by atoms with Crippen molar-refractivity contribution in [1.29, 1.82) is 0 Å². The Bertz CT molecular complexity index is 554. The second-order valence-corrected chi connectivity index (χ2v) is 6.84. The summed E-state index contributed by atoms with van der Waals surface area (Å²) < 4.78 is 13.0. The average Bonchev–Trinajstić information content (AvgIpc) is 3.45. The van der Waals surface area contributed by atoms with E-state index in [-0.39, 0.29) is 17.8 Å². The molecule has 2 saturated carbocycles. The standard InChI is InChI=1S/C17H22FN3O/c18-13-5-1-11(2-6-13)10-21(14-7-8-14)17(22)16-9-15(19-20-16)12-3-4-12/h1-2,5-6,12,14-16,19-20H,3-4,7-10H2. The van der Waals surface area contributed by atoms with Crippen LogP contribution in [0.2, 0.25) is 0 Å². The van der Waals surface area contributed by atoms with E-state index >= 15 is 0 Å². The molecule has 3 aliphatic rings. The number of nitrogens with one attached hydrogen (secondary N) is 2. The Morgan fingerprint density at radius 1 is 1.14 bits per heavy atom. The van der Waals surface area contributed by atoms with E-state index in [4.69, 9.17) is 0 Å². The van der Waals surface area contributed by atoms with Gasteiger partial charge >= 0.3 is 0 Å². The largest absolute Gasteiger partial charge is 0.334 e. The number of hydrogen-bond donors (Lipinski definition) is 2. The number of amides is 1. The van der Waals surface area contributed by atoms with Crippen molar-refractivity contribution in [3.8, 4) is 0 Å². The van der Waals surface area contributed by atoms with E-state index in [1.54, 1.807) is 12.1 Å². The van der Waals surface area contributed by atoms with Gasteiger partial charge in [-0.3, -0.25) is 10.2 Å². The molecule has 0 radical (unpaired) electrons. The first kappa shape index (κ1) is 14.2. The van der Waals surface area contributed by atoms with E-state index < -0.39 is 0 Å². The fourth-order valence-corrected chi connectivity index (χ4v) is 3.31. The first-order chi connectivity index (χ1) is 10.7. The number of nitrogens with zero attached hydrogens (tertiary/aromatic N) is 1. The summed E-state index contributed by atoms with van der Waals surface area (Å²) in [6.07, 6.45) is 5.61. The maximum atomic E-state index is 13.0. The molecule has 5 heteroatoms. The van der Waals surface area contributed by atoms with Gasteiger partial charge in [0.25, 0.3) is 0 Å². The van der Waals surface area contributed by atoms with Gasteiger partial charge in [0.2, 0.25) is 5.91 Å². The molecule has 0 aromatic heterocycles. The maximum absolute atomic E-state index is 13.0. The van der Waals surface area contributed by atoms with Gasteiger partial charge in [0.1, 0.15) is 11.9 Å². The summed E-state index contributed by atoms with van der Waals surface area (Å²) in [6, 6.07) is 7.15. The highest BCUT2D eigenvalue weighted by molar-refractivity contribution is 5.82. The van der Waals surface area contributed by atoms with Crippen LogP contribution in [0, 0.1) is 11.7 Å². The fourth-order valence-electron chi connectivity index (χ4n) is 3.31. The molecule has 1 aromatic rings. The van der Waals surface area contributed by atoms with Crippen molar-refractivity contribution in [2.45, 2.75) is 56.8 Å². The summed E-state index contributed by atoms with van der Waals surface area (Å²) in [6.45, 7) is 0.579. The summed E-state index contributed by atoms with van der Waals surface area (Å²) >= 11 is 0. The van der Waals surface area contributed by atoms with Gasteiger partial charge in [-0.1, -0.05) is 12.1 Å². The first-order valence-electron chi connectivity index (χ1n) is 8.26. The van der Waals surface area contributed by atoms with Crippen molar-refractivity contribution in [3.63, 3.8) is 0 Å². The van der Waals surface area contributed by atoms with Crippen molar-refractivity contribution in [1.82, 2.24) is 15.8 Å². The number of carbonyl (C=O) groups is 1. The van der Waals surface area contributed by atoms with Gasteiger partial charge in [0, 0.05) is 18.6 Å². The van der Waals surface area contributed by atoms with E-state index in [9.17, 15) is 9.18 Å². The molecule has 3 fully saturated rings. The molecule has 2 atom stereocenters. The summed E-state index contributed by atoms with van der Waals surface area (Å²) in [7, 11) is 0. The smallest absolute Gasteiger partial charge is 0.241 e. The zero-order valence-corrected chi connectivity index (χ0v) is 12.6. The zero-order valence-electron chi connectivity index (χ0n) is 12.6. The molecule has 1 amide bonds. The summed E-state index contributed by atoms with van der Waals surface area (Å²) in [5.74, 6) is 0.696. The second-order valence-electron chi connectivity index (χ2n) is 6.84. The highest BCUT2D eigenvalue weighted by Crippen LogP contribution is 2.36. The van der Waals surface area contributed by atoms with Gasteiger partial charge < -0.3 is 4.90 Å². The predicted molar refractivity (Wildman–Crippen MR) is 81.2 cm³/mol. The van der Waals surface area contributed by atoms with Crippen LogP contribution in [0.5, 0.6) is 0 Å². The number of hydrogen-bond acceptors (Lipinski definition) is 3. The molecule has 0 spiro atoms. The normalized spacial score (nSPS) is 27.9. The number of halogens is 1. The molecule has 1 saturated heterocycles. The lowest BCUT2D eigenvalue weighted by Crippen LogP contribution is -2.46. The van der Waals surface area contributed by atoms with Gasteiger partial charge in [-0.15, -0.1) is 0 Å². The number of rotatable bonds is 5. The van der Waals surface area contributed by atoms with E-state index in [2.05, 4.69) is 10.9 Å². The maximum Gasteiger partial charge on any atom is 0.241 e. The molecular weight excluding hydrogens is 281 g/mol. The number of carbonyl (C=O) groups excluding carboxylic acids is 1. The minimum Gasteiger partial charge on any atom is -0.334 e. The average molecular weight is 303 g/mol. The summed E-state index contributed by atoms with van der Waals surface area (Å²) in [5.41, 5.74) is 7.46. The van der Waals surface area contributed by atoms with Crippen molar-refractivity contribution in [3.05, 3.63) is 35.6 Å². The number of benzene rings is 1. The molecular formula is C17H22FN3O. The lowest BCUT2D eigenvalue weighted by Gasteiger charge is -2.25. The van der Waals surface area contributed by atoms with Gasteiger partial charge in [-0.2, -0.15) is 0 Å². The SMILES string of the molecule is O=C(C1CC(C2CC2)NN1)N(Cc1ccc(F)cc1)C1CC1. The molecule has 1 heterocycles. The Labute approximate surface area is 130 Å². The Balaban J connectivity index is 1.42. The molecule has 22 heavy (non-hydrogen) atoms. The zero-order chi connectivity index (χ0) is 15.1. The Morgan fingerprint density at radius 3 is 2.50 bits per heavy atom. The highest BCUT2D eigenvalue weighted by atomic mass is 19.1. The van der Waals surface area contributed by atoms with Crippen LogP contribution in [-0.2, 0) is 11.3 Å². The molecule has 118 valence electrons. The van der Waals surface area contributed by atoms with Crippen LogP contribution >= 0.6 is 0 Å². The van der Waals surface area contributed by atoms with Crippen molar-refractivity contribution in [2.24, 2.45) is 5.92 Å². The summed E-state index contributed by atoms with van der Waals surface area (Å²) in [4.78, 5) is 14.8. The van der Waals surface area contributed by atoms with E-state index in [1.807, 2.05) is 4.90 Å². The van der Waals surface area contributed by atoms with Gasteiger partial charge in [-0.05, 0) is 55.7 Å².